The summed E-state index contributed by atoms with van der Waals surface area (Å²) in [5, 5.41) is 20.0. The Balaban J connectivity index is 0. The summed E-state index contributed by atoms with van der Waals surface area (Å²) in [7, 11) is 0. The van der Waals surface area contributed by atoms with Gasteiger partial charge in [0.15, 0.2) is 0 Å². The zero-order valence-electron chi connectivity index (χ0n) is 10.9. The predicted octanol–water partition coefficient (Wildman–Crippen LogP) is -3.46. The van der Waals surface area contributed by atoms with Crippen LogP contribution in [0.4, 0.5) is 0 Å². The number of rotatable bonds is 6. The predicted molar refractivity (Wildman–Crippen MR) is 57.7 cm³/mol. The summed E-state index contributed by atoms with van der Waals surface area (Å²) in [6.45, 7) is 5.84. The van der Waals surface area contributed by atoms with Crippen LogP contribution < -0.4 is 21.7 Å². The number of hydrogen-bond acceptors (Lipinski definition) is 4. The van der Waals surface area contributed by atoms with Crippen LogP contribution >= 0.6 is 0 Å². The third kappa shape index (κ3) is 12.8. The number of carbonyl (C=O) groups excluding carboxylic acids is 2. The Labute approximate surface area is 102 Å². The Bertz CT molecular complexity index is 232. The Hall–Kier alpha value is -1.14. The van der Waals surface area contributed by atoms with E-state index in [1.54, 1.807) is 0 Å². The maximum Gasteiger partial charge on any atom is 0.125 e. The molecule has 17 heavy (non-hydrogen) atoms. The van der Waals surface area contributed by atoms with Crippen LogP contribution in [0.1, 0.15) is 40.0 Å². The van der Waals surface area contributed by atoms with Crippen molar-refractivity contribution >= 4 is 11.9 Å². The van der Waals surface area contributed by atoms with E-state index in [0.29, 0.717) is 18.8 Å². The van der Waals surface area contributed by atoms with Gasteiger partial charge in [-0.15, -0.1) is 0 Å². The van der Waals surface area contributed by atoms with Crippen LogP contribution in [0.3, 0.4) is 0 Å². The van der Waals surface area contributed by atoms with Crippen molar-refractivity contribution in [2.45, 2.75) is 52.1 Å². The first-order valence-corrected chi connectivity index (χ1v) is 5.80. The van der Waals surface area contributed by atoms with Crippen molar-refractivity contribution in [3.63, 3.8) is 0 Å². The third-order valence-electron chi connectivity index (χ3n) is 2.06. The highest BCUT2D eigenvalue weighted by Gasteiger charge is 2.08. The number of carbonyl (C=O) groups is 2. The molecule has 6 heteroatoms. The van der Waals surface area contributed by atoms with Crippen LogP contribution in [0.15, 0.2) is 0 Å². The summed E-state index contributed by atoms with van der Waals surface area (Å²) < 4.78 is 0. The fourth-order valence-electron chi connectivity index (χ4n) is 1.13. The van der Waals surface area contributed by atoms with E-state index in [9.17, 15) is 19.8 Å². The van der Waals surface area contributed by atoms with Gasteiger partial charge in [-0.05, 0) is 5.92 Å². The Kier molecular flexibility index (Phi) is 10.8. The van der Waals surface area contributed by atoms with E-state index in [0.717, 1.165) is 6.42 Å². The molecule has 0 aliphatic carbocycles. The van der Waals surface area contributed by atoms with E-state index in [1.165, 1.54) is 0 Å². The van der Waals surface area contributed by atoms with E-state index in [1.807, 2.05) is 20.8 Å². The lowest BCUT2D eigenvalue weighted by Crippen LogP contribution is -2.68. The largest absolute Gasteiger partial charge is 0.544 e. The number of quaternary nitrogens is 2. The van der Waals surface area contributed by atoms with E-state index in [2.05, 4.69) is 11.5 Å². The molecule has 0 rings (SSSR count). The van der Waals surface area contributed by atoms with Gasteiger partial charge in [0.25, 0.3) is 0 Å². The Morgan fingerprint density at radius 2 is 1.47 bits per heavy atom. The molecule has 0 radical (unpaired) electrons. The lowest BCUT2D eigenvalue weighted by atomic mass is 10.1. The summed E-state index contributed by atoms with van der Waals surface area (Å²) in [4.78, 5) is 20.0. The molecule has 0 spiro atoms. The molecule has 0 aliphatic heterocycles. The minimum absolute atomic E-state index is 0.380. The standard InChI is InChI=1S/C6H13NO2.C5H11NO2/c1-4(2)3-5(7)6(8)9;1-2-3-4(6)5(7)8/h4-5H,3,7H2,1-2H3,(H,8,9);4H,2-3,6H2,1H3,(H,7,8)/t5-;4-/m01/s1. The normalized spacial score (nSPS) is 13.5. The number of hydrogen-bond donors (Lipinski definition) is 2. The number of carboxylic acid groups (broad SMARTS) is 2. The molecule has 0 aliphatic rings. The van der Waals surface area contributed by atoms with E-state index >= 15 is 0 Å². The highest BCUT2D eigenvalue weighted by molar-refractivity contribution is 5.69. The molecule has 102 valence electrons. The first-order valence-electron chi connectivity index (χ1n) is 5.80. The molecule has 2 atom stereocenters. The number of carboxylic acids is 2. The minimum atomic E-state index is -1.05. The van der Waals surface area contributed by atoms with E-state index < -0.39 is 24.0 Å². The first kappa shape index (κ1) is 18.2. The topological polar surface area (TPSA) is 136 Å². The molecular formula is C11H24N2O4. The van der Waals surface area contributed by atoms with Gasteiger partial charge in [0, 0.05) is 12.8 Å². The van der Waals surface area contributed by atoms with Crippen LogP contribution in [0, 0.1) is 5.92 Å². The van der Waals surface area contributed by atoms with Crippen molar-refractivity contribution < 1.29 is 31.3 Å². The quantitative estimate of drug-likeness (QED) is 0.505. The fourth-order valence-corrected chi connectivity index (χ4v) is 1.13. The zero-order chi connectivity index (χ0) is 14.0. The molecule has 6 nitrogen and oxygen atoms in total. The van der Waals surface area contributed by atoms with Crippen LogP contribution in [0.2, 0.25) is 0 Å². The molecule has 0 unspecified atom stereocenters. The maximum absolute atomic E-state index is 10.1. The van der Waals surface area contributed by atoms with Gasteiger partial charge < -0.3 is 31.3 Å². The SMILES string of the molecule is CC(C)C[C@H]([NH3+])C(=O)[O-].CCC[C@@H]([NH3+])C(=O)[O-]. The summed E-state index contributed by atoms with van der Waals surface area (Å²) in [6, 6.07) is -1.08. The molecule has 0 aromatic rings. The van der Waals surface area contributed by atoms with Crippen LogP contribution in [0.25, 0.3) is 0 Å². The van der Waals surface area contributed by atoms with Crippen molar-refractivity contribution in [2.75, 3.05) is 0 Å². The maximum atomic E-state index is 10.1. The molecule has 0 bridgehead atoms. The average Bonchev–Trinajstić information content (AvgIpc) is 2.17. The van der Waals surface area contributed by atoms with Crippen LogP contribution in [-0.4, -0.2) is 24.0 Å². The summed E-state index contributed by atoms with van der Waals surface area (Å²) in [6.07, 6.45) is 2.06. The van der Waals surface area contributed by atoms with Gasteiger partial charge in [0.2, 0.25) is 0 Å². The average molecular weight is 248 g/mol. The monoisotopic (exact) mass is 248 g/mol. The zero-order valence-corrected chi connectivity index (χ0v) is 10.9. The lowest BCUT2D eigenvalue weighted by molar-refractivity contribution is -0.439. The van der Waals surface area contributed by atoms with Gasteiger partial charge in [0.05, 0.1) is 11.9 Å². The van der Waals surface area contributed by atoms with Gasteiger partial charge in [-0.3, -0.25) is 0 Å². The summed E-state index contributed by atoms with van der Waals surface area (Å²) in [5.41, 5.74) is 6.78. The molecule has 0 aromatic heterocycles. The Morgan fingerprint density at radius 1 is 1.06 bits per heavy atom. The van der Waals surface area contributed by atoms with Crippen molar-refractivity contribution in [2.24, 2.45) is 5.92 Å². The smallest absolute Gasteiger partial charge is 0.125 e. The number of aliphatic carboxylic acids is 2. The minimum Gasteiger partial charge on any atom is -0.544 e. The fraction of sp³-hybridized carbons (Fsp3) is 0.818. The molecule has 0 saturated heterocycles. The van der Waals surface area contributed by atoms with Gasteiger partial charge in [-0.25, -0.2) is 0 Å². The van der Waals surface area contributed by atoms with E-state index in [-0.39, 0.29) is 0 Å². The second kappa shape index (κ2) is 10.0. The molecule has 0 heterocycles. The molecule has 6 N–H and O–H groups in total. The molecular weight excluding hydrogens is 224 g/mol. The third-order valence-corrected chi connectivity index (χ3v) is 2.06. The van der Waals surface area contributed by atoms with Crippen LogP contribution in [-0.2, 0) is 9.59 Å². The van der Waals surface area contributed by atoms with E-state index in [4.69, 9.17) is 0 Å². The van der Waals surface area contributed by atoms with Gasteiger partial charge in [0.1, 0.15) is 12.1 Å². The second-order valence-corrected chi connectivity index (χ2v) is 4.45. The highest BCUT2D eigenvalue weighted by Crippen LogP contribution is 1.99. The first-order chi connectivity index (χ1) is 7.72. The van der Waals surface area contributed by atoms with Crippen molar-refractivity contribution in [3.8, 4) is 0 Å². The molecule has 0 aromatic carbocycles. The lowest BCUT2D eigenvalue weighted by Gasteiger charge is -2.10. The van der Waals surface area contributed by atoms with Crippen molar-refractivity contribution in [3.05, 3.63) is 0 Å². The molecule has 0 fully saturated rings. The summed E-state index contributed by atoms with van der Waals surface area (Å²) in [5.74, 6) is -1.72. The van der Waals surface area contributed by atoms with Gasteiger partial charge in [-0.2, -0.15) is 0 Å². The van der Waals surface area contributed by atoms with Gasteiger partial charge in [-0.1, -0.05) is 27.2 Å². The Morgan fingerprint density at radius 3 is 1.59 bits per heavy atom. The van der Waals surface area contributed by atoms with Crippen molar-refractivity contribution in [1.29, 1.82) is 0 Å². The van der Waals surface area contributed by atoms with Gasteiger partial charge >= 0.3 is 0 Å². The van der Waals surface area contributed by atoms with Crippen LogP contribution in [0.5, 0.6) is 0 Å². The summed E-state index contributed by atoms with van der Waals surface area (Å²) >= 11 is 0. The second-order valence-electron chi connectivity index (χ2n) is 4.45. The molecule has 0 saturated carbocycles. The highest BCUT2D eigenvalue weighted by atomic mass is 16.4. The molecule has 0 amide bonds. The van der Waals surface area contributed by atoms with Crippen molar-refractivity contribution in [1.82, 2.24) is 0 Å².